The summed E-state index contributed by atoms with van der Waals surface area (Å²) in [6.45, 7) is 4.85. The molecule has 3 nitrogen and oxygen atoms in total. The average Bonchev–Trinajstić information content (AvgIpc) is 2.79. The lowest BCUT2D eigenvalue weighted by molar-refractivity contribution is 0.0346. The second-order valence-corrected chi connectivity index (χ2v) is 4.96. The number of hydrogen-bond donors (Lipinski definition) is 1. The molecule has 1 aliphatic heterocycles. The molecule has 1 N–H and O–H groups in total. The minimum atomic E-state index is 0.137. The summed E-state index contributed by atoms with van der Waals surface area (Å²) in [6.07, 6.45) is 0.550. The van der Waals surface area contributed by atoms with E-state index in [2.05, 4.69) is 28.2 Å². The van der Waals surface area contributed by atoms with Gasteiger partial charge in [0.1, 0.15) is 0 Å². The Labute approximate surface area is 106 Å². The van der Waals surface area contributed by atoms with Gasteiger partial charge in [0.15, 0.2) is 0 Å². The molecule has 0 unspecified atom stereocenters. The lowest BCUT2D eigenvalue weighted by Gasteiger charge is -2.25. The maximum Gasteiger partial charge on any atom is 0.0594 e. The van der Waals surface area contributed by atoms with Crippen LogP contribution < -0.4 is 0 Å². The fourth-order valence-electron chi connectivity index (χ4n) is 1.73. The molecule has 1 aromatic heterocycles. The zero-order valence-electron chi connectivity index (χ0n) is 9.82. The van der Waals surface area contributed by atoms with Crippen molar-refractivity contribution in [2.24, 2.45) is 0 Å². The summed E-state index contributed by atoms with van der Waals surface area (Å²) in [5.74, 6) is 6.00. The number of rotatable bonds is 3. The molecule has 4 heteroatoms. The van der Waals surface area contributed by atoms with E-state index in [9.17, 15) is 0 Å². The predicted octanol–water partition coefficient (Wildman–Crippen LogP) is 1.31. The summed E-state index contributed by atoms with van der Waals surface area (Å²) in [6, 6.07) is 2.14. The highest BCUT2D eigenvalue weighted by Crippen LogP contribution is 2.16. The van der Waals surface area contributed by atoms with Crippen molar-refractivity contribution >= 4 is 11.3 Å². The van der Waals surface area contributed by atoms with Crippen molar-refractivity contribution in [2.75, 3.05) is 32.9 Å². The van der Waals surface area contributed by atoms with Gasteiger partial charge in [-0.3, -0.25) is 4.90 Å². The summed E-state index contributed by atoms with van der Waals surface area (Å²) in [5.41, 5.74) is 1.06. The smallest absolute Gasteiger partial charge is 0.0594 e. The van der Waals surface area contributed by atoms with E-state index in [1.54, 1.807) is 11.3 Å². The van der Waals surface area contributed by atoms with Gasteiger partial charge in [0, 0.05) is 41.9 Å². The van der Waals surface area contributed by atoms with Crippen LogP contribution in [-0.4, -0.2) is 42.9 Å². The van der Waals surface area contributed by atoms with E-state index in [0.29, 0.717) is 6.42 Å². The fraction of sp³-hybridized carbons (Fsp3) is 0.538. The molecular formula is C13H17NO2S. The first-order valence-electron chi connectivity index (χ1n) is 5.86. The number of hydrogen-bond acceptors (Lipinski definition) is 4. The molecule has 1 saturated heterocycles. The summed E-state index contributed by atoms with van der Waals surface area (Å²) in [7, 11) is 0. The van der Waals surface area contributed by atoms with Gasteiger partial charge < -0.3 is 9.84 Å². The Morgan fingerprint density at radius 2 is 2.24 bits per heavy atom. The van der Waals surface area contributed by atoms with Crippen molar-refractivity contribution in [3.05, 3.63) is 21.9 Å². The van der Waals surface area contributed by atoms with Gasteiger partial charge in [0.25, 0.3) is 0 Å². The first-order chi connectivity index (χ1) is 8.38. The van der Waals surface area contributed by atoms with Gasteiger partial charge in [-0.1, -0.05) is 11.8 Å². The van der Waals surface area contributed by atoms with Gasteiger partial charge in [0.2, 0.25) is 0 Å². The Morgan fingerprint density at radius 3 is 3.00 bits per heavy atom. The Hall–Kier alpha value is -0.860. The molecule has 17 heavy (non-hydrogen) atoms. The predicted molar refractivity (Wildman–Crippen MR) is 69.0 cm³/mol. The van der Waals surface area contributed by atoms with Crippen LogP contribution in [0.25, 0.3) is 0 Å². The van der Waals surface area contributed by atoms with Crippen LogP contribution in [0.2, 0.25) is 0 Å². The number of thiophene rings is 1. The molecule has 2 rings (SSSR count). The zero-order chi connectivity index (χ0) is 11.9. The van der Waals surface area contributed by atoms with Gasteiger partial charge in [0.05, 0.1) is 19.8 Å². The minimum Gasteiger partial charge on any atom is -0.395 e. The first-order valence-corrected chi connectivity index (χ1v) is 6.73. The summed E-state index contributed by atoms with van der Waals surface area (Å²) in [5, 5.41) is 10.7. The number of aliphatic hydroxyl groups is 1. The van der Waals surface area contributed by atoms with Crippen molar-refractivity contribution in [3.63, 3.8) is 0 Å². The molecule has 0 aromatic carbocycles. The number of morpholine rings is 1. The molecule has 0 saturated carbocycles. The van der Waals surface area contributed by atoms with E-state index in [4.69, 9.17) is 9.84 Å². The largest absolute Gasteiger partial charge is 0.395 e. The molecule has 1 fully saturated rings. The molecule has 0 spiro atoms. The van der Waals surface area contributed by atoms with Gasteiger partial charge in [-0.15, -0.1) is 11.3 Å². The summed E-state index contributed by atoms with van der Waals surface area (Å²) >= 11 is 1.75. The minimum absolute atomic E-state index is 0.137. The van der Waals surface area contributed by atoms with E-state index in [1.807, 2.05) is 0 Å². The van der Waals surface area contributed by atoms with Crippen LogP contribution in [-0.2, 0) is 11.3 Å². The third-order valence-corrected chi connectivity index (χ3v) is 3.53. The van der Waals surface area contributed by atoms with E-state index in [0.717, 1.165) is 38.4 Å². The molecule has 0 aliphatic carbocycles. The van der Waals surface area contributed by atoms with Crippen LogP contribution in [0, 0.1) is 11.8 Å². The van der Waals surface area contributed by atoms with Crippen molar-refractivity contribution in [1.29, 1.82) is 0 Å². The van der Waals surface area contributed by atoms with Crippen molar-refractivity contribution in [3.8, 4) is 11.8 Å². The third-order valence-electron chi connectivity index (χ3n) is 2.61. The Morgan fingerprint density at radius 1 is 1.41 bits per heavy atom. The second-order valence-electron chi connectivity index (χ2n) is 3.97. The first kappa shape index (κ1) is 12.6. The number of nitrogens with zero attached hydrogens (tertiary/aromatic N) is 1. The second kappa shape index (κ2) is 6.77. The SMILES string of the molecule is OCCC#Cc1csc(CN2CCOCC2)c1. The van der Waals surface area contributed by atoms with E-state index < -0.39 is 0 Å². The van der Waals surface area contributed by atoms with Gasteiger partial charge in [-0.05, 0) is 6.07 Å². The van der Waals surface area contributed by atoms with Gasteiger partial charge in [-0.2, -0.15) is 0 Å². The van der Waals surface area contributed by atoms with Crippen LogP contribution in [0.5, 0.6) is 0 Å². The van der Waals surface area contributed by atoms with Crippen molar-refractivity contribution in [2.45, 2.75) is 13.0 Å². The van der Waals surface area contributed by atoms with Crippen LogP contribution in [0.3, 0.4) is 0 Å². The zero-order valence-corrected chi connectivity index (χ0v) is 10.6. The Balaban J connectivity index is 1.87. The van der Waals surface area contributed by atoms with Crippen molar-refractivity contribution < 1.29 is 9.84 Å². The molecule has 0 amide bonds. The topological polar surface area (TPSA) is 32.7 Å². The Kier molecular flexibility index (Phi) is 5.02. The molecule has 1 aromatic rings. The van der Waals surface area contributed by atoms with Crippen LogP contribution in [0.15, 0.2) is 11.4 Å². The fourth-order valence-corrected chi connectivity index (χ4v) is 2.59. The van der Waals surface area contributed by atoms with E-state index >= 15 is 0 Å². The monoisotopic (exact) mass is 251 g/mol. The van der Waals surface area contributed by atoms with Gasteiger partial charge in [-0.25, -0.2) is 0 Å². The maximum absolute atomic E-state index is 8.65. The summed E-state index contributed by atoms with van der Waals surface area (Å²) < 4.78 is 5.32. The lowest BCUT2D eigenvalue weighted by atomic mass is 10.3. The molecule has 92 valence electrons. The summed E-state index contributed by atoms with van der Waals surface area (Å²) in [4.78, 5) is 3.75. The number of ether oxygens (including phenoxy) is 1. The highest BCUT2D eigenvalue weighted by molar-refractivity contribution is 7.10. The highest BCUT2D eigenvalue weighted by atomic mass is 32.1. The molecular weight excluding hydrogens is 234 g/mol. The number of aliphatic hydroxyl groups excluding tert-OH is 1. The van der Waals surface area contributed by atoms with Crippen LogP contribution in [0.4, 0.5) is 0 Å². The van der Waals surface area contributed by atoms with Crippen molar-refractivity contribution in [1.82, 2.24) is 4.90 Å². The normalized spacial score (nSPS) is 16.5. The third kappa shape index (κ3) is 4.14. The van der Waals surface area contributed by atoms with Crippen LogP contribution in [0.1, 0.15) is 16.9 Å². The lowest BCUT2D eigenvalue weighted by Crippen LogP contribution is -2.35. The molecule has 0 radical (unpaired) electrons. The molecule has 0 bridgehead atoms. The van der Waals surface area contributed by atoms with E-state index in [-0.39, 0.29) is 6.61 Å². The van der Waals surface area contributed by atoms with E-state index in [1.165, 1.54) is 4.88 Å². The quantitative estimate of drug-likeness (QED) is 0.822. The maximum atomic E-state index is 8.65. The highest BCUT2D eigenvalue weighted by Gasteiger charge is 2.11. The average molecular weight is 251 g/mol. The molecule has 1 aliphatic rings. The van der Waals surface area contributed by atoms with Crippen LogP contribution >= 0.6 is 11.3 Å². The Bertz CT molecular complexity index is 399. The molecule has 0 atom stereocenters. The van der Waals surface area contributed by atoms with Gasteiger partial charge >= 0.3 is 0 Å². The molecule has 2 heterocycles. The standard InChI is InChI=1S/C13H17NO2S/c15-6-2-1-3-12-9-13(17-11-12)10-14-4-7-16-8-5-14/h9,11,15H,2,4-8,10H2.